The van der Waals surface area contributed by atoms with Gasteiger partial charge in [-0.05, 0) is 30.4 Å². The Balaban J connectivity index is 2.93. The molecule has 1 aromatic carbocycles. The van der Waals surface area contributed by atoms with Gasteiger partial charge in [0.05, 0.1) is 12.8 Å². The van der Waals surface area contributed by atoms with Gasteiger partial charge in [-0.3, -0.25) is 4.79 Å². The molecule has 0 aliphatic carbocycles. The molecule has 0 bridgehead atoms. The summed E-state index contributed by atoms with van der Waals surface area (Å²) in [4.78, 5) is 12.5. The topological polar surface area (TPSA) is 38.3 Å². The molecule has 21 heavy (non-hydrogen) atoms. The highest BCUT2D eigenvalue weighted by Crippen LogP contribution is 2.26. The van der Waals surface area contributed by atoms with E-state index in [1.807, 2.05) is 24.3 Å². The number of amides is 1. The predicted molar refractivity (Wildman–Crippen MR) is 88.7 cm³/mol. The Hall–Kier alpha value is -1.77. The van der Waals surface area contributed by atoms with E-state index >= 15 is 0 Å². The van der Waals surface area contributed by atoms with Gasteiger partial charge in [-0.1, -0.05) is 52.3 Å². The van der Waals surface area contributed by atoms with Crippen molar-refractivity contribution in [1.29, 1.82) is 0 Å². The second kappa shape index (κ2) is 7.87. The van der Waals surface area contributed by atoms with Gasteiger partial charge in [0.1, 0.15) is 5.75 Å². The van der Waals surface area contributed by atoms with Crippen LogP contribution in [0, 0.1) is 5.41 Å². The number of carbonyl (C=O) groups is 1. The summed E-state index contributed by atoms with van der Waals surface area (Å²) in [7, 11) is 1.61. The Morgan fingerprint density at radius 2 is 1.95 bits per heavy atom. The first-order chi connectivity index (χ1) is 9.87. The number of para-hydroxylation sites is 2. The maximum absolute atomic E-state index is 12.5. The molecule has 1 rings (SSSR count). The Labute approximate surface area is 128 Å². The minimum Gasteiger partial charge on any atom is -0.495 e. The molecule has 0 aromatic heterocycles. The lowest BCUT2D eigenvalue weighted by Gasteiger charge is -2.17. The zero-order valence-corrected chi connectivity index (χ0v) is 13.8. The van der Waals surface area contributed by atoms with Gasteiger partial charge in [0, 0.05) is 5.57 Å². The van der Waals surface area contributed by atoms with Crippen LogP contribution in [0.15, 0.2) is 35.9 Å². The summed E-state index contributed by atoms with van der Waals surface area (Å²) in [5.74, 6) is 0.638. The van der Waals surface area contributed by atoms with E-state index in [0.717, 1.165) is 24.8 Å². The molecule has 0 saturated carbocycles. The largest absolute Gasteiger partial charge is 0.495 e. The zero-order valence-electron chi connectivity index (χ0n) is 13.8. The van der Waals surface area contributed by atoms with Gasteiger partial charge < -0.3 is 10.1 Å². The fourth-order valence-electron chi connectivity index (χ4n) is 2.09. The van der Waals surface area contributed by atoms with Gasteiger partial charge in [0.25, 0.3) is 5.91 Å². The van der Waals surface area contributed by atoms with Crippen molar-refractivity contribution in [2.75, 3.05) is 12.4 Å². The monoisotopic (exact) mass is 289 g/mol. The van der Waals surface area contributed by atoms with E-state index in [-0.39, 0.29) is 11.3 Å². The Bertz CT molecular complexity index is 498. The molecule has 0 heterocycles. The van der Waals surface area contributed by atoms with Crippen LogP contribution in [0.3, 0.4) is 0 Å². The minimum absolute atomic E-state index is 0.0127. The molecule has 0 saturated heterocycles. The lowest BCUT2D eigenvalue weighted by atomic mass is 9.91. The number of ether oxygens (including phenoxy) is 1. The van der Waals surface area contributed by atoms with E-state index in [9.17, 15) is 4.79 Å². The number of anilines is 1. The molecule has 1 N–H and O–H groups in total. The molecule has 0 atom stereocenters. The maximum atomic E-state index is 12.5. The number of carbonyl (C=O) groups excluding carboxylic acids is 1. The first-order valence-electron chi connectivity index (χ1n) is 7.53. The van der Waals surface area contributed by atoms with Crippen LogP contribution < -0.4 is 10.1 Å². The standard InChI is InChI=1S/C18H27NO2/c1-6-7-10-14(13-18(2,3)4)17(20)19-15-11-8-9-12-16(15)21-5/h8-9,11-13H,6-7,10H2,1-5H3,(H,19,20)/b14-13+. The summed E-state index contributed by atoms with van der Waals surface area (Å²) in [6, 6.07) is 7.47. The third kappa shape index (κ3) is 6.03. The fraction of sp³-hybridized carbons (Fsp3) is 0.500. The number of unbranched alkanes of at least 4 members (excludes halogenated alkanes) is 1. The van der Waals surface area contributed by atoms with Crippen molar-refractivity contribution >= 4 is 11.6 Å². The first kappa shape index (κ1) is 17.3. The van der Waals surface area contributed by atoms with Crippen LogP contribution in [0.2, 0.25) is 0 Å². The van der Waals surface area contributed by atoms with E-state index < -0.39 is 0 Å². The van der Waals surface area contributed by atoms with Crippen LogP contribution >= 0.6 is 0 Å². The summed E-state index contributed by atoms with van der Waals surface area (Å²) >= 11 is 0. The highest BCUT2D eigenvalue weighted by molar-refractivity contribution is 6.04. The Kier molecular flexibility index (Phi) is 6.47. The van der Waals surface area contributed by atoms with Crippen molar-refractivity contribution < 1.29 is 9.53 Å². The number of methoxy groups -OCH3 is 1. The Morgan fingerprint density at radius 3 is 2.52 bits per heavy atom. The van der Waals surface area contributed by atoms with Gasteiger partial charge in [-0.15, -0.1) is 0 Å². The SMILES string of the molecule is CCCC/C(=C\C(C)(C)C)C(=O)Nc1ccccc1OC. The van der Waals surface area contributed by atoms with Crippen LogP contribution in [0.4, 0.5) is 5.69 Å². The zero-order chi connectivity index (χ0) is 15.9. The third-order valence-electron chi connectivity index (χ3n) is 3.05. The summed E-state index contributed by atoms with van der Waals surface area (Å²) in [5.41, 5.74) is 1.54. The van der Waals surface area contributed by atoms with Crippen molar-refractivity contribution in [3.05, 3.63) is 35.9 Å². The summed E-state index contributed by atoms with van der Waals surface area (Å²) in [5, 5.41) is 2.96. The summed E-state index contributed by atoms with van der Waals surface area (Å²) < 4.78 is 5.27. The highest BCUT2D eigenvalue weighted by atomic mass is 16.5. The highest BCUT2D eigenvalue weighted by Gasteiger charge is 2.16. The first-order valence-corrected chi connectivity index (χ1v) is 7.53. The lowest BCUT2D eigenvalue weighted by Crippen LogP contribution is -2.17. The molecular weight excluding hydrogens is 262 g/mol. The number of allylic oxidation sites excluding steroid dienone is 1. The molecule has 0 unspecified atom stereocenters. The number of nitrogens with one attached hydrogen (secondary N) is 1. The quantitative estimate of drug-likeness (QED) is 0.764. The molecule has 0 radical (unpaired) electrons. The lowest BCUT2D eigenvalue weighted by molar-refractivity contribution is -0.113. The normalized spacial score (nSPS) is 12.1. The second-order valence-electron chi connectivity index (χ2n) is 6.29. The van der Waals surface area contributed by atoms with Crippen LogP contribution in [-0.2, 0) is 4.79 Å². The smallest absolute Gasteiger partial charge is 0.251 e. The van der Waals surface area contributed by atoms with Gasteiger partial charge in [0.15, 0.2) is 0 Å². The predicted octanol–water partition coefficient (Wildman–Crippen LogP) is 4.80. The van der Waals surface area contributed by atoms with Crippen molar-refractivity contribution in [2.45, 2.75) is 47.0 Å². The molecule has 3 heteroatoms. The average molecular weight is 289 g/mol. The molecule has 0 aliphatic heterocycles. The Morgan fingerprint density at radius 1 is 1.29 bits per heavy atom. The van der Waals surface area contributed by atoms with E-state index in [0.29, 0.717) is 11.4 Å². The van der Waals surface area contributed by atoms with Crippen LogP contribution in [0.1, 0.15) is 47.0 Å². The molecule has 3 nitrogen and oxygen atoms in total. The molecule has 0 spiro atoms. The van der Waals surface area contributed by atoms with Crippen LogP contribution in [-0.4, -0.2) is 13.0 Å². The van der Waals surface area contributed by atoms with E-state index in [1.165, 1.54) is 0 Å². The number of rotatable bonds is 6. The number of hydrogen-bond acceptors (Lipinski definition) is 2. The molecular formula is C18H27NO2. The third-order valence-corrected chi connectivity index (χ3v) is 3.05. The van der Waals surface area contributed by atoms with Crippen LogP contribution in [0.5, 0.6) is 5.75 Å². The van der Waals surface area contributed by atoms with E-state index in [2.05, 4.69) is 39.1 Å². The summed E-state index contributed by atoms with van der Waals surface area (Å²) in [6.45, 7) is 8.45. The number of benzene rings is 1. The molecule has 1 aromatic rings. The van der Waals surface area contributed by atoms with Gasteiger partial charge in [-0.25, -0.2) is 0 Å². The van der Waals surface area contributed by atoms with E-state index in [1.54, 1.807) is 7.11 Å². The molecule has 116 valence electrons. The van der Waals surface area contributed by atoms with Gasteiger partial charge in [-0.2, -0.15) is 0 Å². The fourth-order valence-corrected chi connectivity index (χ4v) is 2.09. The van der Waals surface area contributed by atoms with Gasteiger partial charge >= 0.3 is 0 Å². The average Bonchev–Trinajstić information content (AvgIpc) is 2.42. The number of hydrogen-bond donors (Lipinski definition) is 1. The molecule has 0 fully saturated rings. The molecule has 0 aliphatic rings. The maximum Gasteiger partial charge on any atom is 0.251 e. The van der Waals surface area contributed by atoms with Crippen molar-refractivity contribution in [1.82, 2.24) is 0 Å². The summed E-state index contributed by atoms with van der Waals surface area (Å²) in [6.07, 6.45) is 4.95. The molecule has 1 amide bonds. The second-order valence-corrected chi connectivity index (χ2v) is 6.29. The van der Waals surface area contributed by atoms with Crippen molar-refractivity contribution in [3.8, 4) is 5.75 Å². The van der Waals surface area contributed by atoms with Crippen molar-refractivity contribution in [2.24, 2.45) is 5.41 Å². The minimum atomic E-state index is -0.0390. The van der Waals surface area contributed by atoms with E-state index in [4.69, 9.17) is 4.74 Å². The van der Waals surface area contributed by atoms with Crippen molar-refractivity contribution in [3.63, 3.8) is 0 Å². The van der Waals surface area contributed by atoms with Crippen LogP contribution in [0.25, 0.3) is 0 Å². The van der Waals surface area contributed by atoms with Gasteiger partial charge in [0.2, 0.25) is 0 Å².